The van der Waals surface area contributed by atoms with Crippen molar-refractivity contribution >= 4 is 40.7 Å². The molecular weight excluding hydrogens is 385 g/mol. The third-order valence-corrected chi connectivity index (χ3v) is 3.92. The minimum absolute atomic E-state index is 0.0139. The van der Waals surface area contributed by atoms with Crippen LogP contribution in [0.3, 0.4) is 0 Å². The van der Waals surface area contributed by atoms with E-state index in [0.29, 0.717) is 16.6 Å². The van der Waals surface area contributed by atoms with Gasteiger partial charge in [-0.3, -0.25) is 24.9 Å². The van der Waals surface area contributed by atoms with Crippen LogP contribution in [0.1, 0.15) is 16.1 Å². The van der Waals surface area contributed by atoms with Crippen LogP contribution in [-0.4, -0.2) is 35.4 Å². The van der Waals surface area contributed by atoms with Crippen molar-refractivity contribution < 1.29 is 9.72 Å². The average Bonchev–Trinajstić information content (AvgIpc) is 3.16. The first-order valence-electron chi connectivity index (χ1n) is 7.16. The molecule has 10 nitrogen and oxygen atoms in total. The minimum Gasteiger partial charge on any atom is -0.287 e. The maximum atomic E-state index is 12.2. The molecule has 1 aromatic carbocycles. The van der Waals surface area contributed by atoms with Gasteiger partial charge in [0.2, 0.25) is 11.6 Å². The number of anilines is 1. The standard InChI is InChI=1S/C14H11Cl2N7O3/c1-21-6-11(23(25)26)12(19-21)13(24)18-14-17-7-22(20-14)5-8-2-3-9(15)4-10(8)16/h2-4,6-7H,5H2,1H3,(H,18,20,24). The number of benzene rings is 1. The van der Waals surface area contributed by atoms with Gasteiger partial charge in [0, 0.05) is 17.1 Å². The predicted molar refractivity (Wildman–Crippen MR) is 93.4 cm³/mol. The molecule has 1 N–H and O–H groups in total. The van der Waals surface area contributed by atoms with Gasteiger partial charge in [-0.2, -0.15) is 5.10 Å². The third-order valence-electron chi connectivity index (χ3n) is 3.33. The topological polar surface area (TPSA) is 121 Å². The van der Waals surface area contributed by atoms with Crippen LogP contribution < -0.4 is 5.32 Å². The lowest BCUT2D eigenvalue weighted by Gasteiger charge is -2.04. The highest BCUT2D eigenvalue weighted by atomic mass is 35.5. The van der Waals surface area contributed by atoms with E-state index in [4.69, 9.17) is 23.2 Å². The number of hydrogen-bond donors (Lipinski definition) is 1. The van der Waals surface area contributed by atoms with Gasteiger partial charge in [0.05, 0.1) is 11.5 Å². The van der Waals surface area contributed by atoms with Crippen molar-refractivity contribution in [2.45, 2.75) is 6.54 Å². The summed E-state index contributed by atoms with van der Waals surface area (Å²) in [7, 11) is 1.48. The Kier molecular flexibility index (Phi) is 4.87. The molecule has 134 valence electrons. The van der Waals surface area contributed by atoms with Crippen LogP contribution in [0.4, 0.5) is 11.6 Å². The fourth-order valence-corrected chi connectivity index (χ4v) is 2.65. The zero-order chi connectivity index (χ0) is 18.8. The maximum Gasteiger partial charge on any atom is 0.320 e. The Morgan fingerprint density at radius 2 is 2.12 bits per heavy atom. The zero-order valence-corrected chi connectivity index (χ0v) is 14.8. The van der Waals surface area contributed by atoms with Gasteiger partial charge in [0.1, 0.15) is 12.5 Å². The van der Waals surface area contributed by atoms with Gasteiger partial charge in [-0.1, -0.05) is 29.3 Å². The lowest BCUT2D eigenvalue weighted by atomic mass is 10.2. The highest BCUT2D eigenvalue weighted by Gasteiger charge is 2.25. The molecule has 0 bridgehead atoms. The molecular formula is C14H11Cl2N7O3. The molecule has 3 rings (SSSR count). The van der Waals surface area contributed by atoms with E-state index in [-0.39, 0.29) is 11.6 Å². The van der Waals surface area contributed by atoms with Crippen LogP contribution in [0, 0.1) is 10.1 Å². The Hall–Kier alpha value is -2.98. The summed E-state index contributed by atoms with van der Waals surface area (Å²) in [5.41, 5.74) is 0.0335. The number of nitrogens with one attached hydrogen (secondary N) is 1. The summed E-state index contributed by atoms with van der Waals surface area (Å²) in [5.74, 6) is -0.792. The molecule has 0 aliphatic rings. The molecule has 1 amide bonds. The van der Waals surface area contributed by atoms with Gasteiger partial charge in [0.15, 0.2) is 0 Å². The number of hydrogen-bond acceptors (Lipinski definition) is 6. The smallest absolute Gasteiger partial charge is 0.287 e. The molecule has 0 unspecified atom stereocenters. The van der Waals surface area contributed by atoms with Gasteiger partial charge < -0.3 is 0 Å². The summed E-state index contributed by atoms with van der Waals surface area (Å²) < 4.78 is 2.64. The summed E-state index contributed by atoms with van der Waals surface area (Å²) in [6, 6.07) is 5.06. The van der Waals surface area contributed by atoms with Crippen molar-refractivity contribution in [3.63, 3.8) is 0 Å². The normalized spacial score (nSPS) is 10.7. The van der Waals surface area contributed by atoms with E-state index >= 15 is 0 Å². The van der Waals surface area contributed by atoms with Gasteiger partial charge in [-0.05, 0) is 17.7 Å². The second-order valence-corrected chi connectivity index (χ2v) is 6.09. The fraction of sp³-hybridized carbons (Fsp3) is 0.143. The monoisotopic (exact) mass is 395 g/mol. The minimum atomic E-state index is -0.778. The average molecular weight is 396 g/mol. The first kappa shape index (κ1) is 17.8. The predicted octanol–water partition coefficient (Wildman–Crippen LogP) is 2.53. The molecule has 0 aliphatic heterocycles. The summed E-state index contributed by atoms with van der Waals surface area (Å²) in [6.07, 6.45) is 2.54. The molecule has 0 aliphatic carbocycles. The molecule has 0 radical (unpaired) electrons. The molecule has 0 saturated heterocycles. The summed E-state index contributed by atoms with van der Waals surface area (Å²) >= 11 is 12.0. The Morgan fingerprint density at radius 3 is 2.81 bits per heavy atom. The highest BCUT2D eigenvalue weighted by molar-refractivity contribution is 6.35. The molecule has 2 aromatic heterocycles. The number of nitrogens with zero attached hydrogens (tertiary/aromatic N) is 6. The summed E-state index contributed by atoms with van der Waals surface area (Å²) in [4.78, 5) is 26.4. The van der Waals surface area contributed by atoms with Gasteiger partial charge >= 0.3 is 5.69 Å². The molecule has 0 atom stereocenters. The molecule has 26 heavy (non-hydrogen) atoms. The summed E-state index contributed by atoms with van der Waals surface area (Å²) in [5, 5.41) is 22.2. The SMILES string of the molecule is Cn1cc([N+](=O)[O-])c(C(=O)Nc2ncn(Cc3ccc(Cl)cc3Cl)n2)n1. The van der Waals surface area contributed by atoms with E-state index in [9.17, 15) is 14.9 Å². The number of carbonyl (C=O) groups excluding carboxylic acids is 1. The van der Waals surface area contributed by atoms with Crippen LogP contribution >= 0.6 is 23.2 Å². The van der Waals surface area contributed by atoms with E-state index in [1.54, 1.807) is 18.2 Å². The number of rotatable bonds is 5. The van der Waals surface area contributed by atoms with E-state index in [1.807, 2.05) is 0 Å². The quantitative estimate of drug-likeness (QED) is 0.523. The van der Waals surface area contributed by atoms with Crippen molar-refractivity contribution in [3.05, 3.63) is 62.1 Å². The van der Waals surface area contributed by atoms with Crippen molar-refractivity contribution in [3.8, 4) is 0 Å². The van der Waals surface area contributed by atoms with Crippen molar-refractivity contribution in [1.82, 2.24) is 24.5 Å². The second kappa shape index (κ2) is 7.10. The van der Waals surface area contributed by atoms with E-state index in [1.165, 1.54) is 22.7 Å². The van der Waals surface area contributed by atoms with Gasteiger partial charge in [-0.25, -0.2) is 9.67 Å². The van der Waals surface area contributed by atoms with Crippen LogP contribution in [-0.2, 0) is 13.6 Å². The van der Waals surface area contributed by atoms with E-state index in [0.717, 1.165) is 11.8 Å². The fourth-order valence-electron chi connectivity index (χ4n) is 2.18. The Bertz CT molecular complexity index is 998. The lowest BCUT2D eigenvalue weighted by molar-refractivity contribution is -0.385. The molecule has 0 spiro atoms. The van der Waals surface area contributed by atoms with Crippen molar-refractivity contribution in [1.29, 1.82) is 0 Å². The van der Waals surface area contributed by atoms with Crippen molar-refractivity contribution in [2.24, 2.45) is 7.05 Å². The second-order valence-electron chi connectivity index (χ2n) is 5.25. The summed E-state index contributed by atoms with van der Waals surface area (Å²) in [6.45, 7) is 0.308. The first-order valence-corrected chi connectivity index (χ1v) is 7.92. The Labute approximate surface area is 156 Å². The molecule has 3 aromatic rings. The number of amides is 1. The van der Waals surface area contributed by atoms with Gasteiger partial charge in [-0.15, -0.1) is 5.10 Å². The maximum absolute atomic E-state index is 12.2. The van der Waals surface area contributed by atoms with Crippen LogP contribution in [0.2, 0.25) is 10.0 Å². The van der Waals surface area contributed by atoms with Crippen LogP contribution in [0.15, 0.2) is 30.7 Å². The molecule has 0 fully saturated rings. The lowest BCUT2D eigenvalue weighted by Crippen LogP contribution is -2.16. The van der Waals surface area contributed by atoms with Crippen molar-refractivity contribution in [2.75, 3.05) is 5.32 Å². The van der Waals surface area contributed by atoms with Gasteiger partial charge in [0.25, 0.3) is 5.91 Å². The molecule has 0 saturated carbocycles. The number of halogens is 2. The number of nitro groups is 1. The van der Waals surface area contributed by atoms with E-state index < -0.39 is 16.5 Å². The zero-order valence-electron chi connectivity index (χ0n) is 13.3. The largest absolute Gasteiger partial charge is 0.320 e. The first-order chi connectivity index (χ1) is 12.3. The Morgan fingerprint density at radius 1 is 1.35 bits per heavy atom. The van der Waals surface area contributed by atoms with Crippen LogP contribution in [0.5, 0.6) is 0 Å². The molecule has 12 heteroatoms. The number of aryl methyl sites for hydroxylation is 1. The number of carbonyl (C=O) groups is 1. The molecule has 2 heterocycles. The number of aromatic nitrogens is 5. The Balaban J connectivity index is 1.74. The highest BCUT2D eigenvalue weighted by Crippen LogP contribution is 2.22. The van der Waals surface area contributed by atoms with E-state index in [2.05, 4.69) is 20.5 Å². The third kappa shape index (κ3) is 3.81. The van der Waals surface area contributed by atoms with Crippen LogP contribution in [0.25, 0.3) is 0 Å².